The summed E-state index contributed by atoms with van der Waals surface area (Å²) in [7, 11) is -3.72. The molecule has 1 N–H and O–H groups in total. The van der Waals surface area contributed by atoms with Crippen LogP contribution < -0.4 is 5.32 Å². The minimum Gasteiger partial charge on any atom is -0.323 e. The normalized spacial score (nSPS) is 24.3. The van der Waals surface area contributed by atoms with Gasteiger partial charge in [0.05, 0.1) is 27.4 Å². The second-order valence-electron chi connectivity index (χ2n) is 8.43. The Bertz CT molecular complexity index is 1040. The van der Waals surface area contributed by atoms with Gasteiger partial charge in [-0.15, -0.1) is 0 Å². The van der Waals surface area contributed by atoms with Crippen molar-refractivity contribution in [2.24, 2.45) is 11.8 Å². The maximum atomic E-state index is 13.1. The van der Waals surface area contributed by atoms with Gasteiger partial charge in [0.25, 0.3) is 0 Å². The molecule has 3 amide bonds. The number of nitrogens with zero attached hydrogens (tertiary/aromatic N) is 2. The number of hydrogen-bond donors (Lipinski definition) is 1. The van der Waals surface area contributed by atoms with Gasteiger partial charge in [-0.1, -0.05) is 36.6 Å². The number of carbonyl (C=O) groups is 3. The van der Waals surface area contributed by atoms with Crippen LogP contribution in [0, 0.1) is 11.8 Å². The van der Waals surface area contributed by atoms with E-state index in [9.17, 15) is 22.8 Å². The number of halogens is 1. The van der Waals surface area contributed by atoms with Crippen molar-refractivity contribution in [1.82, 2.24) is 9.21 Å². The topological polar surface area (TPSA) is 104 Å². The van der Waals surface area contributed by atoms with Crippen LogP contribution >= 0.6 is 11.6 Å². The Kier molecular flexibility index (Phi) is 6.69. The zero-order valence-electron chi connectivity index (χ0n) is 17.6. The van der Waals surface area contributed by atoms with Gasteiger partial charge >= 0.3 is 0 Å². The summed E-state index contributed by atoms with van der Waals surface area (Å²) in [5.74, 6) is -2.12. The van der Waals surface area contributed by atoms with E-state index in [1.54, 1.807) is 0 Å². The maximum Gasteiger partial charge on any atom is 0.244 e. The molecule has 2 atom stereocenters. The molecule has 0 spiro atoms. The van der Waals surface area contributed by atoms with Gasteiger partial charge in [0.1, 0.15) is 6.54 Å². The number of hydrogen-bond acceptors (Lipinski definition) is 5. The molecule has 0 saturated carbocycles. The van der Waals surface area contributed by atoms with Crippen LogP contribution in [0.15, 0.2) is 35.2 Å². The molecule has 2 heterocycles. The lowest BCUT2D eigenvalue weighted by Gasteiger charge is -2.21. The van der Waals surface area contributed by atoms with Crippen LogP contribution in [0.2, 0.25) is 5.02 Å². The molecule has 0 bridgehead atoms. The first-order valence-electron chi connectivity index (χ1n) is 10.9. The van der Waals surface area contributed by atoms with Crippen molar-refractivity contribution >= 4 is 45.0 Å². The summed E-state index contributed by atoms with van der Waals surface area (Å²) in [6, 6.07) is 4.18. The average Bonchev–Trinajstić information content (AvgIpc) is 2.98. The molecule has 1 aliphatic carbocycles. The maximum absolute atomic E-state index is 13.1. The zero-order valence-corrected chi connectivity index (χ0v) is 19.2. The van der Waals surface area contributed by atoms with Crippen LogP contribution in [0.3, 0.4) is 0 Å². The van der Waals surface area contributed by atoms with E-state index in [4.69, 9.17) is 11.6 Å². The lowest BCUT2D eigenvalue weighted by atomic mass is 9.85. The second-order valence-corrected chi connectivity index (χ2v) is 10.8. The number of fused-ring (bicyclic) bond motifs is 1. The Labute approximate surface area is 192 Å². The van der Waals surface area contributed by atoms with Crippen LogP contribution in [0.1, 0.15) is 38.5 Å². The average molecular weight is 480 g/mol. The third-order valence-corrected chi connectivity index (χ3v) is 8.54. The van der Waals surface area contributed by atoms with E-state index < -0.39 is 34.3 Å². The summed E-state index contributed by atoms with van der Waals surface area (Å²) >= 11 is 6.20. The Morgan fingerprint density at radius 3 is 2.19 bits per heavy atom. The van der Waals surface area contributed by atoms with Crippen molar-refractivity contribution in [2.75, 3.05) is 25.0 Å². The first-order chi connectivity index (χ1) is 15.3. The molecule has 3 aliphatic rings. The summed E-state index contributed by atoms with van der Waals surface area (Å²) in [4.78, 5) is 38.8. The van der Waals surface area contributed by atoms with Crippen molar-refractivity contribution in [3.63, 3.8) is 0 Å². The molecular weight excluding hydrogens is 454 g/mol. The Balaban J connectivity index is 1.48. The van der Waals surface area contributed by atoms with Crippen molar-refractivity contribution < 1.29 is 22.8 Å². The van der Waals surface area contributed by atoms with E-state index in [0.29, 0.717) is 25.9 Å². The van der Waals surface area contributed by atoms with E-state index in [0.717, 1.165) is 30.6 Å². The van der Waals surface area contributed by atoms with Crippen molar-refractivity contribution in [3.8, 4) is 0 Å². The largest absolute Gasteiger partial charge is 0.323 e. The van der Waals surface area contributed by atoms with Gasteiger partial charge in [0.2, 0.25) is 27.7 Å². The molecule has 1 aromatic rings. The molecule has 4 rings (SSSR count). The molecule has 2 saturated heterocycles. The molecule has 0 unspecified atom stereocenters. The smallest absolute Gasteiger partial charge is 0.244 e. The highest BCUT2D eigenvalue weighted by atomic mass is 35.5. The van der Waals surface area contributed by atoms with Crippen LogP contribution in [-0.4, -0.2) is 55.0 Å². The number of amides is 3. The van der Waals surface area contributed by atoms with Gasteiger partial charge < -0.3 is 5.32 Å². The van der Waals surface area contributed by atoms with Gasteiger partial charge in [-0.25, -0.2) is 8.42 Å². The summed E-state index contributed by atoms with van der Waals surface area (Å²) in [6.07, 6.45) is 8.38. The highest BCUT2D eigenvalue weighted by Gasteiger charge is 2.47. The fourth-order valence-corrected chi connectivity index (χ4v) is 6.26. The molecule has 2 fully saturated rings. The van der Waals surface area contributed by atoms with Gasteiger partial charge in [-0.2, -0.15) is 4.31 Å². The lowest BCUT2D eigenvalue weighted by molar-refractivity contribution is -0.142. The number of likely N-dealkylation sites (tertiary alicyclic amines) is 1. The van der Waals surface area contributed by atoms with Gasteiger partial charge in [-0.05, 0) is 43.9 Å². The Morgan fingerprint density at radius 1 is 1.00 bits per heavy atom. The number of sulfonamides is 1. The third-order valence-electron chi connectivity index (χ3n) is 6.32. The molecule has 0 radical (unpaired) electrons. The Hall–Kier alpha value is -2.23. The van der Waals surface area contributed by atoms with E-state index in [1.165, 1.54) is 22.5 Å². The highest BCUT2D eigenvalue weighted by Crippen LogP contribution is 2.35. The molecule has 10 heteroatoms. The predicted molar refractivity (Wildman–Crippen MR) is 119 cm³/mol. The van der Waals surface area contributed by atoms with Gasteiger partial charge in [0.15, 0.2) is 0 Å². The third kappa shape index (κ3) is 4.46. The molecule has 1 aromatic carbocycles. The molecule has 32 heavy (non-hydrogen) atoms. The molecular formula is C22H26ClN3O5S. The fraction of sp³-hybridized carbons (Fsp3) is 0.500. The zero-order chi connectivity index (χ0) is 22.9. The van der Waals surface area contributed by atoms with E-state index in [2.05, 4.69) is 5.32 Å². The molecule has 0 aromatic heterocycles. The van der Waals surface area contributed by atoms with Gasteiger partial charge in [0, 0.05) is 13.1 Å². The predicted octanol–water partition coefficient (Wildman–Crippen LogP) is 2.79. The number of rotatable bonds is 5. The van der Waals surface area contributed by atoms with Crippen LogP contribution in [-0.2, 0) is 24.4 Å². The minimum atomic E-state index is -3.72. The number of allylic oxidation sites excluding steroid dienone is 2. The number of imide groups is 1. The highest BCUT2D eigenvalue weighted by molar-refractivity contribution is 7.89. The summed E-state index contributed by atoms with van der Waals surface area (Å²) in [6.45, 7) is 0.496. The first-order valence-corrected chi connectivity index (χ1v) is 12.7. The van der Waals surface area contributed by atoms with Crippen molar-refractivity contribution in [2.45, 2.75) is 43.4 Å². The number of carbonyl (C=O) groups excluding carboxylic acids is 3. The molecule has 8 nitrogen and oxygen atoms in total. The summed E-state index contributed by atoms with van der Waals surface area (Å²) in [5.41, 5.74) is 0.130. The molecule has 2 aliphatic heterocycles. The first kappa shape index (κ1) is 22.9. The van der Waals surface area contributed by atoms with Crippen LogP contribution in [0.5, 0.6) is 0 Å². The monoisotopic (exact) mass is 479 g/mol. The summed E-state index contributed by atoms with van der Waals surface area (Å²) in [5, 5.41) is 2.74. The number of anilines is 1. The van der Waals surface area contributed by atoms with Crippen LogP contribution in [0.4, 0.5) is 5.69 Å². The molecule has 172 valence electrons. The quantitative estimate of drug-likeness (QED) is 0.516. The minimum absolute atomic E-state index is 0.0459. The Morgan fingerprint density at radius 2 is 1.59 bits per heavy atom. The van der Waals surface area contributed by atoms with Gasteiger partial charge in [-0.3, -0.25) is 19.3 Å². The van der Waals surface area contributed by atoms with E-state index in [1.807, 2.05) is 12.2 Å². The summed E-state index contributed by atoms with van der Waals surface area (Å²) < 4.78 is 27.6. The lowest BCUT2D eigenvalue weighted by Crippen LogP contribution is -2.38. The van der Waals surface area contributed by atoms with E-state index >= 15 is 0 Å². The van der Waals surface area contributed by atoms with Crippen LogP contribution in [0.25, 0.3) is 0 Å². The van der Waals surface area contributed by atoms with E-state index in [-0.39, 0.29) is 27.4 Å². The number of nitrogens with one attached hydrogen (secondary N) is 1. The van der Waals surface area contributed by atoms with Crippen molar-refractivity contribution in [1.29, 1.82) is 0 Å². The second kappa shape index (κ2) is 9.33. The van der Waals surface area contributed by atoms with Crippen molar-refractivity contribution in [3.05, 3.63) is 35.4 Å². The fourth-order valence-electron chi connectivity index (χ4n) is 4.55. The standard InChI is InChI=1S/C22H26ClN3O5S/c23-18-10-9-15(32(30,31)25-11-5-1-2-6-12-25)13-19(18)24-20(27)14-26-21(28)16-7-3-4-8-17(16)22(26)29/h3-4,9-10,13,16-17H,1-2,5-8,11-12,14H2,(H,24,27)/t16-,17-/m0/s1. The SMILES string of the molecule is O=C(CN1C(=O)[C@H]2CC=CC[C@@H]2C1=O)Nc1cc(S(=O)(=O)N2CCCCCC2)ccc1Cl. The number of benzene rings is 1.